The van der Waals surface area contributed by atoms with E-state index < -0.39 is 36.6 Å². The maximum atomic E-state index is 10.3. The van der Waals surface area contributed by atoms with Crippen LogP contribution in [0.3, 0.4) is 0 Å². The molecule has 0 unspecified atom stereocenters. The average Bonchev–Trinajstić information content (AvgIpc) is 1.77. The first-order valence-electron chi connectivity index (χ1n) is 2.37. The van der Waals surface area contributed by atoms with Crippen LogP contribution in [0, 0.1) is 0 Å². The van der Waals surface area contributed by atoms with Crippen LogP contribution >= 0.6 is 0 Å². The Hall–Kier alpha value is 1.68. The molecule has 96 valence electrons. The van der Waals surface area contributed by atoms with Crippen molar-refractivity contribution < 1.29 is 46.4 Å². The summed E-state index contributed by atoms with van der Waals surface area (Å²) < 4.78 is 99.4. The summed E-state index contributed by atoms with van der Waals surface area (Å²) >= 11 is 0. The molecule has 0 saturated carbocycles. The van der Waals surface area contributed by atoms with Crippen LogP contribution in [0.1, 0.15) is 0 Å². The molecule has 0 aromatic heterocycles. The van der Waals surface area contributed by atoms with Gasteiger partial charge in [0, 0.05) is 0 Å². The minimum atomic E-state index is -6.14. The molecule has 0 atom stereocenters. The molecule has 0 aromatic rings. The third-order valence-corrected chi connectivity index (χ3v) is 7.14. The van der Waals surface area contributed by atoms with Crippen LogP contribution < -0.4 is 0 Å². The zero-order valence-electron chi connectivity index (χ0n) is 6.20. The van der Waals surface area contributed by atoms with E-state index >= 15 is 0 Å². The van der Waals surface area contributed by atoms with Crippen LogP contribution in [-0.4, -0.2) is 102 Å². The molecule has 0 rings (SSSR count). The Bertz CT molecular complexity index is 581. The van der Waals surface area contributed by atoms with Gasteiger partial charge in [0.25, 0.3) is 0 Å². The fourth-order valence-corrected chi connectivity index (χ4v) is 4.45. The predicted molar refractivity (Wildman–Crippen MR) is 56.3 cm³/mol. The summed E-state index contributed by atoms with van der Waals surface area (Å²) in [5.41, 5.74) is 0. The fourth-order valence-electron chi connectivity index (χ4n) is 0.172. The minimum absolute atomic E-state index is 0. The summed E-state index contributed by atoms with van der Waals surface area (Å²) in [5.74, 6) is 0. The molecular weight excluding hydrogens is 350 g/mol. The van der Waals surface area contributed by atoms with Crippen molar-refractivity contribution in [2.45, 2.75) is 0 Å². The molecule has 0 saturated heterocycles. The van der Waals surface area contributed by atoms with Gasteiger partial charge in [0.05, 0.1) is 0 Å². The summed E-state index contributed by atoms with van der Waals surface area (Å²) in [5, 5.41) is 0. The zero-order valence-corrected chi connectivity index (χ0v) is 9.47. The van der Waals surface area contributed by atoms with E-state index in [0.29, 0.717) is 0 Å². The standard InChI is InChI=1S/2Na.H2O11S4.2H/c;;1-12(2,3)14(7,8)11-15(9,10)13(4,5)6;;/h;;(H,1,2,3)(H,4,5,6);;. The molecule has 0 aliphatic rings. The van der Waals surface area contributed by atoms with Crippen molar-refractivity contribution in [2.24, 2.45) is 0 Å². The fraction of sp³-hybridized carbons (Fsp3) is 0. The van der Waals surface area contributed by atoms with Crippen molar-refractivity contribution >= 4 is 95.7 Å². The third-order valence-electron chi connectivity index (χ3n) is 0.683. The molecule has 0 spiro atoms. The summed E-state index contributed by atoms with van der Waals surface area (Å²) in [6.45, 7) is 0. The molecule has 17 heteroatoms. The molecule has 0 radical (unpaired) electrons. The maximum absolute atomic E-state index is 10.3. The molecule has 0 aliphatic carbocycles. The van der Waals surface area contributed by atoms with E-state index in [1.165, 1.54) is 0 Å². The summed E-state index contributed by atoms with van der Waals surface area (Å²) in [7, 11) is -24.3. The number of hydrogen-bond acceptors (Lipinski definition) is 9. The van der Waals surface area contributed by atoms with Crippen LogP contribution in [0.15, 0.2) is 0 Å². The van der Waals surface area contributed by atoms with Crippen LogP contribution in [0.5, 0.6) is 0 Å². The second-order valence-electron chi connectivity index (χ2n) is 1.74. The second-order valence-corrected chi connectivity index (χ2v) is 10.6. The Morgan fingerprint density at radius 2 is 0.765 bits per heavy atom. The van der Waals surface area contributed by atoms with Crippen LogP contribution in [-0.2, 0) is 40.2 Å². The second kappa shape index (κ2) is 6.91. The molecule has 0 heterocycles. The first-order valence-corrected chi connectivity index (χ1v) is 9.10. The number of rotatable bonds is 4. The summed E-state index contributed by atoms with van der Waals surface area (Å²) in [6, 6.07) is 0. The van der Waals surface area contributed by atoms with Gasteiger partial charge in [0.15, 0.2) is 0 Å². The van der Waals surface area contributed by atoms with E-state index in [-0.39, 0.29) is 59.1 Å². The first-order chi connectivity index (χ1) is 6.21. The van der Waals surface area contributed by atoms with Gasteiger partial charge in [-0.3, -0.25) is 9.11 Å². The van der Waals surface area contributed by atoms with Crippen molar-refractivity contribution in [3.05, 3.63) is 0 Å². The SMILES string of the molecule is O=S(=O)(O)S(=O)(=O)OS(=O)(=O)S(=O)(=O)O.[NaH].[NaH]. The van der Waals surface area contributed by atoms with Crippen LogP contribution in [0.4, 0.5) is 0 Å². The quantitative estimate of drug-likeness (QED) is 0.284. The Kier molecular flexibility index (Phi) is 9.65. The summed E-state index contributed by atoms with van der Waals surface area (Å²) in [4.78, 5) is 0. The van der Waals surface area contributed by atoms with E-state index in [1.807, 2.05) is 0 Å². The Labute approximate surface area is 140 Å². The molecule has 0 bridgehead atoms. The monoisotopic (exact) mass is 354 g/mol. The van der Waals surface area contributed by atoms with Crippen molar-refractivity contribution in [1.29, 1.82) is 0 Å². The predicted octanol–water partition coefficient (Wildman–Crippen LogP) is -4.03. The van der Waals surface area contributed by atoms with E-state index in [0.717, 1.165) is 0 Å². The number of hydrogen-bond donors (Lipinski definition) is 2. The first kappa shape index (κ1) is 23.7. The van der Waals surface area contributed by atoms with Gasteiger partial charge in [-0.05, 0) is 0 Å². The van der Waals surface area contributed by atoms with Crippen LogP contribution in [0.25, 0.3) is 0 Å². The normalized spacial score (nSPS) is 13.3. The van der Waals surface area contributed by atoms with Gasteiger partial charge in [-0.25, -0.2) is 0 Å². The van der Waals surface area contributed by atoms with Gasteiger partial charge in [0.2, 0.25) is 0 Å². The average molecular weight is 354 g/mol. The Morgan fingerprint density at radius 3 is 0.882 bits per heavy atom. The molecule has 0 fully saturated rings. The van der Waals surface area contributed by atoms with E-state index in [9.17, 15) is 33.7 Å². The van der Waals surface area contributed by atoms with E-state index in [1.54, 1.807) is 0 Å². The zero-order chi connectivity index (χ0) is 12.7. The van der Waals surface area contributed by atoms with Gasteiger partial charge >= 0.3 is 95.7 Å². The van der Waals surface area contributed by atoms with Crippen LogP contribution in [0.2, 0.25) is 0 Å². The Morgan fingerprint density at radius 1 is 0.588 bits per heavy atom. The molecule has 2 N–H and O–H groups in total. The Balaban J connectivity index is -0.000000980. The van der Waals surface area contributed by atoms with Gasteiger partial charge in [-0.15, -0.1) is 3.63 Å². The topological polar surface area (TPSA) is 186 Å². The molecule has 11 nitrogen and oxygen atoms in total. The van der Waals surface area contributed by atoms with E-state index in [4.69, 9.17) is 9.11 Å². The molecule has 0 amide bonds. The van der Waals surface area contributed by atoms with Crippen molar-refractivity contribution in [1.82, 2.24) is 0 Å². The van der Waals surface area contributed by atoms with Crippen molar-refractivity contribution in [2.75, 3.05) is 0 Å². The molecular formula is H4Na2O11S4. The van der Waals surface area contributed by atoms with Gasteiger partial charge in [-0.2, -0.15) is 33.7 Å². The third kappa shape index (κ3) is 6.59. The van der Waals surface area contributed by atoms with Gasteiger partial charge < -0.3 is 0 Å². The van der Waals surface area contributed by atoms with Crippen molar-refractivity contribution in [3.63, 3.8) is 0 Å². The molecule has 0 aliphatic heterocycles. The molecule has 0 aromatic carbocycles. The van der Waals surface area contributed by atoms with E-state index in [2.05, 4.69) is 3.63 Å². The molecule has 17 heavy (non-hydrogen) atoms. The summed E-state index contributed by atoms with van der Waals surface area (Å²) in [6.07, 6.45) is 0. The van der Waals surface area contributed by atoms with Crippen molar-refractivity contribution in [3.8, 4) is 0 Å². The van der Waals surface area contributed by atoms with Gasteiger partial charge in [-0.1, -0.05) is 0 Å². The van der Waals surface area contributed by atoms with Gasteiger partial charge in [0.1, 0.15) is 0 Å².